The molecule has 33 heavy (non-hydrogen) atoms. The molecule has 6 aromatic rings. The van der Waals surface area contributed by atoms with E-state index in [0.717, 1.165) is 22.3 Å². The molecule has 0 saturated heterocycles. The first-order valence-corrected chi connectivity index (χ1v) is 11.7. The third-order valence-corrected chi connectivity index (χ3v) is 6.77. The second-order valence-electron chi connectivity index (χ2n) is 10.4. The van der Waals surface area contributed by atoms with E-state index >= 15 is 0 Å². The molecule has 2 nitrogen and oxygen atoms in total. The number of hydrogen-bond donors (Lipinski definition) is 0. The molecule has 0 radical (unpaired) electrons. The van der Waals surface area contributed by atoms with Gasteiger partial charge in [0.1, 0.15) is 22.3 Å². The summed E-state index contributed by atoms with van der Waals surface area (Å²) in [5.74, 6) is 0.490. The average Bonchev–Trinajstić information content (AvgIpc) is 3.34. The highest BCUT2D eigenvalue weighted by Crippen LogP contribution is 2.43. The summed E-state index contributed by atoms with van der Waals surface area (Å²) >= 11 is 0. The number of para-hydroxylation sites is 1. The van der Waals surface area contributed by atoms with Crippen LogP contribution in [0.3, 0.4) is 0 Å². The largest absolute Gasteiger partial charge is 0.456 e. The van der Waals surface area contributed by atoms with Crippen LogP contribution >= 0.6 is 0 Å². The topological polar surface area (TPSA) is 26.3 Å². The lowest BCUT2D eigenvalue weighted by Crippen LogP contribution is -2.13. The smallest absolute Gasteiger partial charge is 0.136 e. The first-order valence-electron chi connectivity index (χ1n) is 11.7. The van der Waals surface area contributed by atoms with Crippen LogP contribution in [-0.4, -0.2) is 0 Å². The van der Waals surface area contributed by atoms with Crippen molar-refractivity contribution >= 4 is 43.9 Å². The molecular formula is C31H28O2. The summed E-state index contributed by atoms with van der Waals surface area (Å²) in [4.78, 5) is 0. The van der Waals surface area contributed by atoms with Gasteiger partial charge in [0, 0.05) is 21.5 Å². The van der Waals surface area contributed by atoms with Gasteiger partial charge in [0.2, 0.25) is 0 Å². The Balaban J connectivity index is 1.63. The van der Waals surface area contributed by atoms with Crippen LogP contribution in [0.25, 0.3) is 55.0 Å². The van der Waals surface area contributed by atoms with Gasteiger partial charge in [-0.3, -0.25) is 0 Å². The summed E-state index contributed by atoms with van der Waals surface area (Å²) in [6, 6.07) is 25.8. The molecule has 0 aliphatic carbocycles. The third kappa shape index (κ3) is 3.08. The number of fused-ring (bicyclic) bond motifs is 6. The standard InChI is InChI=1S/C31H28O2/c1-18(2)19-11-14-26-24(16-19)22-12-10-20(17-28(22)33-26)21-13-15-27-29(30(21)31(3,4)5)23-8-6-7-9-25(23)32-27/h6-18H,1-5H3. The molecule has 0 saturated carbocycles. The second-order valence-corrected chi connectivity index (χ2v) is 10.4. The van der Waals surface area contributed by atoms with Crippen molar-refractivity contribution in [3.05, 3.63) is 83.9 Å². The van der Waals surface area contributed by atoms with Gasteiger partial charge in [0.05, 0.1) is 0 Å². The van der Waals surface area contributed by atoms with E-state index in [0.29, 0.717) is 5.92 Å². The quantitative estimate of drug-likeness (QED) is 0.272. The monoisotopic (exact) mass is 432 g/mol. The van der Waals surface area contributed by atoms with Crippen LogP contribution in [0, 0.1) is 0 Å². The predicted molar refractivity (Wildman–Crippen MR) is 139 cm³/mol. The molecule has 2 heterocycles. The number of benzene rings is 4. The van der Waals surface area contributed by atoms with Crippen LogP contribution in [0.15, 0.2) is 81.6 Å². The summed E-state index contributed by atoms with van der Waals surface area (Å²) < 4.78 is 12.5. The van der Waals surface area contributed by atoms with Gasteiger partial charge in [0.25, 0.3) is 0 Å². The molecule has 0 atom stereocenters. The van der Waals surface area contributed by atoms with E-state index in [2.05, 4.69) is 95.3 Å². The van der Waals surface area contributed by atoms with Gasteiger partial charge < -0.3 is 8.83 Å². The van der Waals surface area contributed by atoms with Gasteiger partial charge in [-0.15, -0.1) is 0 Å². The van der Waals surface area contributed by atoms with Crippen LogP contribution in [0.5, 0.6) is 0 Å². The predicted octanol–water partition coefficient (Wildman–Crippen LogP) is 9.57. The first kappa shape index (κ1) is 20.1. The van der Waals surface area contributed by atoms with Crippen LogP contribution in [-0.2, 0) is 5.41 Å². The van der Waals surface area contributed by atoms with Gasteiger partial charge >= 0.3 is 0 Å². The highest BCUT2D eigenvalue weighted by Gasteiger charge is 2.25. The highest BCUT2D eigenvalue weighted by atomic mass is 16.3. The maximum absolute atomic E-state index is 6.30. The molecule has 164 valence electrons. The zero-order chi connectivity index (χ0) is 22.9. The SMILES string of the molecule is CC(C)c1ccc2oc3cc(-c4ccc5oc6ccccc6c5c4C(C)(C)C)ccc3c2c1. The van der Waals surface area contributed by atoms with Gasteiger partial charge in [0.15, 0.2) is 0 Å². The Morgan fingerprint density at radius 3 is 2.15 bits per heavy atom. The van der Waals surface area contributed by atoms with Crippen LogP contribution in [0.4, 0.5) is 0 Å². The minimum atomic E-state index is -0.0590. The van der Waals surface area contributed by atoms with Crippen molar-refractivity contribution in [2.75, 3.05) is 0 Å². The maximum Gasteiger partial charge on any atom is 0.136 e. The summed E-state index contributed by atoms with van der Waals surface area (Å²) in [6.07, 6.45) is 0. The number of furan rings is 2. The zero-order valence-corrected chi connectivity index (χ0v) is 19.8. The minimum absolute atomic E-state index is 0.0590. The molecule has 4 aromatic carbocycles. The van der Waals surface area contributed by atoms with Crippen LogP contribution in [0.1, 0.15) is 51.7 Å². The lowest BCUT2D eigenvalue weighted by molar-refractivity contribution is 0.596. The van der Waals surface area contributed by atoms with Gasteiger partial charge in [-0.25, -0.2) is 0 Å². The van der Waals surface area contributed by atoms with Crippen molar-refractivity contribution in [2.24, 2.45) is 0 Å². The Labute approximate surface area is 193 Å². The lowest BCUT2D eigenvalue weighted by Gasteiger charge is -2.24. The Morgan fingerprint density at radius 1 is 0.636 bits per heavy atom. The van der Waals surface area contributed by atoms with E-state index in [9.17, 15) is 0 Å². The van der Waals surface area contributed by atoms with Crippen molar-refractivity contribution in [1.82, 2.24) is 0 Å². The molecule has 0 fully saturated rings. The van der Waals surface area contributed by atoms with E-state index in [1.807, 2.05) is 12.1 Å². The molecule has 0 aliphatic heterocycles. The molecule has 6 rings (SSSR count). The molecule has 0 unspecified atom stereocenters. The molecule has 2 heteroatoms. The molecule has 0 spiro atoms. The summed E-state index contributed by atoms with van der Waals surface area (Å²) in [5.41, 5.74) is 8.73. The number of rotatable bonds is 2. The lowest BCUT2D eigenvalue weighted by atomic mass is 9.79. The summed E-state index contributed by atoms with van der Waals surface area (Å²) in [5, 5.41) is 4.74. The molecule has 2 aromatic heterocycles. The van der Waals surface area contributed by atoms with E-state index in [-0.39, 0.29) is 5.41 Å². The van der Waals surface area contributed by atoms with Gasteiger partial charge in [-0.1, -0.05) is 71.0 Å². The minimum Gasteiger partial charge on any atom is -0.456 e. The maximum atomic E-state index is 6.30. The highest BCUT2D eigenvalue weighted by molar-refractivity contribution is 6.10. The fraction of sp³-hybridized carbons (Fsp3) is 0.226. The molecule has 0 amide bonds. The normalized spacial score (nSPS) is 12.7. The van der Waals surface area contributed by atoms with Crippen molar-refractivity contribution in [3.63, 3.8) is 0 Å². The molecule has 0 N–H and O–H groups in total. The molecular weight excluding hydrogens is 404 g/mol. The Morgan fingerprint density at radius 2 is 1.36 bits per heavy atom. The fourth-order valence-electron chi connectivity index (χ4n) is 5.16. The van der Waals surface area contributed by atoms with Crippen molar-refractivity contribution in [3.8, 4) is 11.1 Å². The molecule has 0 aliphatic rings. The Hall–Kier alpha value is -3.52. The van der Waals surface area contributed by atoms with E-state index in [4.69, 9.17) is 8.83 Å². The van der Waals surface area contributed by atoms with Crippen molar-refractivity contribution in [1.29, 1.82) is 0 Å². The van der Waals surface area contributed by atoms with Crippen LogP contribution < -0.4 is 0 Å². The summed E-state index contributed by atoms with van der Waals surface area (Å²) in [6.45, 7) is 11.3. The third-order valence-electron chi connectivity index (χ3n) is 6.77. The second kappa shape index (κ2) is 6.99. The summed E-state index contributed by atoms with van der Waals surface area (Å²) in [7, 11) is 0. The van der Waals surface area contributed by atoms with Crippen molar-refractivity contribution in [2.45, 2.75) is 46.0 Å². The van der Waals surface area contributed by atoms with Gasteiger partial charge in [-0.2, -0.15) is 0 Å². The Bertz CT molecular complexity index is 1670. The zero-order valence-electron chi connectivity index (χ0n) is 19.8. The van der Waals surface area contributed by atoms with Crippen LogP contribution in [0.2, 0.25) is 0 Å². The van der Waals surface area contributed by atoms with E-state index in [1.165, 1.54) is 43.8 Å². The Kier molecular flexibility index (Phi) is 4.26. The fourth-order valence-corrected chi connectivity index (χ4v) is 5.16. The van der Waals surface area contributed by atoms with E-state index < -0.39 is 0 Å². The van der Waals surface area contributed by atoms with Gasteiger partial charge in [-0.05, 0) is 70.0 Å². The first-order chi connectivity index (χ1) is 15.8. The van der Waals surface area contributed by atoms with Crippen molar-refractivity contribution < 1.29 is 8.83 Å². The average molecular weight is 433 g/mol. The molecule has 0 bridgehead atoms. The number of hydrogen-bond acceptors (Lipinski definition) is 2. The van der Waals surface area contributed by atoms with E-state index in [1.54, 1.807) is 0 Å².